The van der Waals surface area contributed by atoms with Gasteiger partial charge in [0.25, 0.3) is 0 Å². The van der Waals surface area contributed by atoms with Crippen LogP contribution in [0, 0.1) is 0 Å². The molecular weight excluding hydrogens is 593 g/mol. The average Bonchev–Trinajstić information content (AvgIpc) is 3.00. The van der Waals surface area contributed by atoms with Crippen molar-refractivity contribution in [3.8, 4) is 34.4 Å². The number of carbonyl (C=O) groups is 1. The Balaban J connectivity index is 1.39. The monoisotopic (exact) mass is 626 g/mol. The number of hydrogen-bond acceptors (Lipinski definition) is 9. The highest BCUT2D eigenvalue weighted by Crippen LogP contribution is 2.34. The Bertz CT molecular complexity index is 1590. The van der Waals surface area contributed by atoms with Gasteiger partial charge in [-0.2, -0.15) is 13.2 Å². The summed E-state index contributed by atoms with van der Waals surface area (Å²) in [5.74, 6) is 2.09. The number of halogens is 3. The van der Waals surface area contributed by atoms with E-state index < -0.39 is 17.8 Å². The molecule has 11 nitrogen and oxygen atoms in total. The molecule has 0 spiro atoms. The van der Waals surface area contributed by atoms with Crippen LogP contribution >= 0.6 is 0 Å². The molecule has 14 heteroatoms. The van der Waals surface area contributed by atoms with Gasteiger partial charge >= 0.3 is 12.2 Å². The van der Waals surface area contributed by atoms with E-state index in [0.29, 0.717) is 41.8 Å². The van der Waals surface area contributed by atoms with Gasteiger partial charge in [-0.3, -0.25) is 4.98 Å². The minimum absolute atomic E-state index is 0.0202. The van der Waals surface area contributed by atoms with Crippen LogP contribution < -0.4 is 29.6 Å². The quantitative estimate of drug-likeness (QED) is 0.181. The number of nitrogens with one attached hydrogen (secondary N) is 2. The summed E-state index contributed by atoms with van der Waals surface area (Å²) in [6, 6.07) is 9.43. The second-order valence-electron chi connectivity index (χ2n) is 9.87. The van der Waals surface area contributed by atoms with Gasteiger partial charge < -0.3 is 34.5 Å². The molecule has 0 saturated heterocycles. The average molecular weight is 627 g/mol. The molecule has 0 unspecified atom stereocenters. The van der Waals surface area contributed by atoms with Crippen LogP contribution in [0.1, 0.15) is 18.1 Å². The molecule has 2 aromatic heterocycles. The number of amides is 2. The molecule has 0 saturated carbocycles. The lowest BCUT2D eigenvalue weighted by Crippen LogP contribution is -2.21. The Morgan fingerprint density at radius 1 is 0.867 bits per heavy atom. The highest BCUT2D eigenvalue weighted by Gasteiger charge is 2.31. The Morgan fingerprint density at radius 2 is 1.62 bits per heavy atom. The van der Waals surface area contributed by atoms with Crippen molar-refractivity contribution in [3.05, 3.63) is 78.4 Å². The zero-order valence-electron chi connectivity index (χ0n) is 25.1. The predicted molar refractivity (Wildman–Crippen MR) is 162 cm³/mol. The molecule has 2 amide bonds. The number of nitrogens with zero attached hydrogens (tertiary/aromatic N) is 4. The molecule has 0 aliphatic carbocycles. The van der Waals surface area contributed by atoms with Gasteiger partial charge in [0.15, 0.2) is 5.82 Å². The zero-order valence-corrected chi connectivity index (χ0v) is 25.1. The highest BCUT2D eigenvalue weighted by molar-refractivity contribution is 5.99. The van der Waals surface area contributed by atoms with Crippen molar-refractivity contribution in [2.24, 2.45) is 0 Å². The van der Waals surface area contributed by atoms with Crippen molar-refractivity contribution in [2.45, 2.75) is 19.7 Å². The third kappa shape index (κ3) is 9.69. The van der Waals surface area contributed by atoms with Crippen LogP contribution in [0.25, 0.3) is 11.4 Å². The first-order valence-corrected chi connectivity index (χ1v) is 13.8. The van der Waals surface area contributed by atoms with E-state index in [2.05, 4.69) is 25.6 Å². The summed E-state index contributed by atoms with van der Waals surface area (Å²) in [5.41, 5.74) is 0.561. The standard InChI is InChI=1S/C31H33F3N6O5/c1-5-43-28-14-25(42-4)7-6-20(28)19-45-27-10-21(15-35-18-27)29-36-16-24(17-37-29)39-30(41)38-23-11-22(31(32,33)34)12-26(13-23)44-9-8-40(2)3/h6-7,10-18H,5,8-9,19H2,1-4H3,(H2,38,39,41). The number of aromatic nitrogens is 3. The van der Waals surface area contributed by atoms with Crippen LogP contribution in [0.4, 0.5) is 29.3 Å². The molecule has 0 aliphatic rings. The molecule has 0 fully saturated rings. The Morgan fingerprint density at radius 3 is 2.31 bits per heavy atom. The van der Waals surface area contributed by atoms with Gasteiger partial charge in [-0.05, 0) is 51.4 Å². The number of rotatable bonds is 13. The molecule has 0 aliphatic heterocycles. The van der Waals surface area contributed by atoms with Gasteiger partial charge in [0.1, 0.15) is 36.2 Å². The third-order valence-corrected chi connectivity index (χ3v) is 6.15. The number of alkyl halides is 3. The van der Waals surface area contributed by atoms with Crippen LogP contribution in [0.5, 0.6) is 23.0 Å². The largest absolute Gasteiger partial charge is 0.497 e. The van der Waals surface area contributed by atoms with Crippen molar-refractivity contribution in [1.29, 1.82) is 0 Å². The fraction of sp³-hybridized carbons (Fsp3) is 0.290. The number of likely N-dealkylation sites (N-methyl/N-ethyl adjacent to an activating group) is 1. The van der Waals surface area contributed by atoms with E-state index in [1.54, 1.807) is 31.6 Å². The molecule has 0 bridgehead atoms. The first-order valence-electron chi connectivity index (χ1n) is 13.8. The number of benzene rings is 2. The van der Waals surface area contributed by atoms with Gasteiger partial charge in [-0.25, -0.2) is 14.8 Å². The molecule has 45 heavy (non-hydrogen) atoms. The Labute approximate surface area is 258 Å². The summed E-state index contributed by atoms with van der Waals surface area (Å²) in [6.07, 6.45) is 1.22. The molecule has 4 aromatic rings. The van der Waals surface area contributed by atoms with Gasteiger partial charge in [-0.1, -0.05) is 0 Å². The minimum Gasteiger partial charge on any atom is -0.497 e. The molecular formula is C31H33F3N6O5. The first kappa shape index (κ1) is 32.8. The number of carbonyl (C=O) groups excluding carboxylic acids is 1. The van der Waals surface area contributed by atoms with Gasteiger partial charge in [0.2, 0.25) is 0 Å². The summed E-state index contributed by atoms with van der Waals surface area (Å²) >= 11 is 0. The van der Waals surface area contributed by atoms with Crippen molar-refractivity contribution >= 4 is 17.4 Å². The molecule has 0 atom stereocenters. The van der Waals surface area contributed by atoms with E-state index in [-0.39, 0.29) is 30.3 Å². The number of urea groups is 1. The highest BCUT2D eigenvalue weighted by atomic mass is 19.4. The van der Waals surface area contributed by atoms with Gasteiger partial charge in [0.05, 0.1) is 43.6 Å². The van der Waals surface area contributed by atoms with Gasteiger partial charge in [0, 0.05) is 41.7 Å². The van der Waals surface area contributed by atoms with E-state index in [1.807, 2.05) is 38.1 Å². The van der Waals surface area contributed by atoms with Crippen molar-refractivity contribution in [2.75, 3.05) is 51.6 Å². The van der Waals surface area contributed by atoms with E-state index >= 15 is 0 Å². The number of hydrogen-bond donors (Lipinski definition) is 2. The Hall–Kier alpha value is -5.11. The van der Waals surface area contributed by atoms with Crippen LogP contribution in [0.3, 0.4) is 0 Å². The summed E-state index contributed by atoms with van der Waals surface area (Å²) in [5, 5.41) is 4.92. The van der Waals surface area contributed by atoms with Crippen LogP contribution in [-0.2, 0) is 12.8 Å². The summed E-state index contributed by atoms with van der Waals surface area (Å²) < 4.78 is 62.7. The second kappa shape index (κ2) is 15.1. The van der Waals surface area contributed by atoms with Crippen molar-refractivity contribution < 1.29 is 36.9 Å². The van der Waals surface area contributed by atoms with E-state index in [1.165, 1.54) is 18.5 Å². The Kier molecular flexibility index (Phi) is 11.0. The molecule has 238 valence electrons. The number of ether oxygens (including phenoxy) is 4. The fourth-order valence-corrected chi connectivity index (χ4v) is 3.95. The SMILES string of the molecule is CCOc1cc(OC)ccc1COc1cncc(-c2ncc(NC(=O)Nc3cc(OCCN(C)C)cc(C(F)(F)F)c3)cn2)c1. The molecule has 4 rings (SSSR count). The lowest BCUT2D eigenvalue weighted by molar-refractivity contribution is -0.137. The van der Waals surface area contributed by atoms with Crippen LogP contribution in [-0.4, -0.2) is 66.8 Å². The molecule has 0 radical (unpaired) electrons. The van der Waals surface area contributed by atoms with E-state index in [0.717, 1.165) is 17.7 Å². The number of pyridine rings is 1. The van der Waals surface area contributed by atoms with Crippen LogP contribution in [0.15, 0.2) is 67.3 Å². The van der Waals surface area contributed by atoms with E-state index in [4.69, 9.17) is 18.9 Å². The first-order chi connectivity index (χ1) is 21.5. The summed E-state index contributed by atoms with van der Waals surface area (Å²) in [4.78, 5) is 27.2. The number of anilines is 2. The van der Waals surface area contributed by atoms with Crippen LogP contribution in [0.2, 0.25) is 0 Å². The molecule has 2 aromatic carbocycles. The van der Waals surface area contributed by atoms with Crippen molar-refractivity contribution in [1.82, 2.24) is 19.9 Å². The fourth-order valence-electron chi connectivity index (χ4n) is 3.95. The van der Waals surface area contributed by atoms with Crippen molar-refractivity contribution in [3.63, 3.8) is 0 Å². The lowest BCUT2D eigenvalue weighted by atomic mass is 10.2. The smallest absolute Gasteiger partial charge is 0.416 e. The third-order valence-electron chi connectivity index (χ3n) is 6.15. The van der Waals surface area contributed by atoms with Gasteiger partial charge in [-0.15, -0.1) is 0 Å². The maximum Gasteiger partial charge on any atom is 0.416 e. The normalized spacial score (nSPS) is 11.2. The maximum atomic E-state index is 13.4. The topological polar surface area (TPSA) is 120 Å². The lowest BCUT2D eigenvalue weighted by Gasteiger charge is -2.15. The minimum atomic E-state index is -4.63. The maximum absolute atomic E-state index is 13.4. The predicted octanol–water partition coefficient (Wildman–Crippen LogP) is 6.13. The molecule has 2 N–H and O–H groups in total. The second-order valence-corrected chi connectivity index (χ2v) is 9.87. The zero-order chi connectivity index (χ0) is 32.4. The number of methoxy groups -OCH3 is 1. The summed E-state index contributed by atoms with van der Waals surface area (Å²) in [7, 11) is 5.21. The molecule has 2 heterocycles. The van der Waals surface area contributed by atoms with E-state index in [9.17, 15) is 18.0 Å². The summed E-state index contributed by atoms with van der Waals surface area (Å²) in [6.45, 7) is 3.27.